The molecule has 1 amide bonds. The third-order valence-electron chi connectivity index (χ3n) is 4.50. The number of hydrogen-bond donors (Lipinski definition) is 3. The summed E-state index contributed by atoms with van der Waals surface area (Å²) in [5, 5.41) is 22.0. The van der Waals surface area contributed by atoms with Gasteiger partial charge in [0.1, 0.15) is 5.82 Å². The zero-order valence-electron chi connectivity index (χ0n) is 12.9. The average Bonchev–Trinajstić information content (AvgIpc) is 2.53. The van der Waals surface area contributed by atoms with E-state index < -0.39 is 29.2 Å². The molecule has 1 fully saturated rings. The van der Waals surface area contributed by atoms with Gasteiger partial charge in [0.05, 0.1) is 17.9 Å². The van der Waals surface area contributed by atoms with Gasteiger partial charge in [-0.1, -0.05) is 31.4 Å². The fourth-order valence-corrected chi connectivity index (χ4v) is 3.04. The Morgan fingerprint density at radius 1 is 1.26 bits per heavy atom. The van der Waals surface area contributed by atoms with Gasteiger partial charge in [0.15, 0.2) is 0 Å². The molecule has 126 valence electrons. The number of carbonyl (C=O) groups excluding carboxylic acids is 1. The number of nitrogens with one attached hydrogen (secondary N) is 1. The molecule has 0 radical (unpaired) electrons. The summed E-state index contributed by atoms with van der Waals surface area (Å²) in [6.07, 6.45) is 2.46. The zero-order chi connectivity index (χ0) is 16.9. The van der Waals surface area contributed by atoms with E-state index in [4.69, 9.17) is 0 Å². The van der Waals surface area contributed by atoms with Crippen LogP contribution in [0.3, 0.4) is 0 Å². The first kappa shape index (κ1) is 17.4. The van der Waals surface area contributed by atoms with E-state index in [1.807, 2.05) is 0 Å². The fourth-order valence-electron chi connectivity index (χ4n) is 3.04. The number of carboxylic acids is 1. The lowest BCUT2D eigenvalue weighted by molar-refractivity contribution is -0.151. The van der Waals surface area contributed by atoms with Crippen LogP contribution in [-0.4, -0.2) is 28.6 Å². The second-order valence-corrected chi connectivity index (χ2v) is 6.20. The number of hydrogen-bond acceptors (Lipinski definition) is 3. The summed E-state index contributed by atoms with van der Waals surface area (Å²) in [5.41, 5.74) is -0.580. The van der Waals surface area contributed by atoms with E-state index in [1.165, 1.54) is 18.2 Å². The van der Waals surface area contributed by atoms with Crippen LogP contribution in [-0.2, 0) is 9.59 Å². The van der Waals surface area contributed by atoms with Crippen molar-refractivity contribution < 1.29 is 24.2 Å². The van der Waals surface area contributed by atoms with Crippen LogP contribution in [0.15, 0.2) is 24.3 Å². The molecule has 0 aliphatic heterocycles. The van der Waals surface area contributed by atoms with E-state index >= 15 is 0 Å². The van der Waals surface area contributed by atoms with Gasteiger partial charge in [-0.3, -0.25) is 9.59 Å². The lowest BCUT2D eigenvalue weighted by Gasteiger charge is -2.33. The lowest BCUT2D eigenvalue weighted by atomic mass is 9.74. The van der Waals surface area contributed by atoms with Crippen LogP contribution >= 0.6 is 0 Å². The molecule has 0 heterocycles. The second-order valence-electron chi connectivity index (χ2n) is 6.20. The number of aliphatic carboxylic acids is 1. The van der Waals surface area contributed by atoms with Gasteiger partial charge in [0.2, 0.25) is 5.91 Å². The van der Waals surface area contributed by atoms with Gasteiger partial charge in [0.25, 0.3) is 0 Å². The van der Waals surface area contributed by atoms with E-state index in [1.54, 1.807) is 6.07 Å². The summed E-state index contributed by atoms with van der Waals surface area (Å²) in [4.78, 5) is 23.5. The molecule has 1 aliphatic rings. The molecule has 5 nitrogen and oxygen atoms in total. The van der Waals surface area contributed by atoms with Crippen molar-refractivity contribution in [1.29, 1.82) is 0 Å². The van der Waals surface area contributed by atoms with Crippen LogP contribution in [0, 0.1) is 11.2 Å². The van der Waals surface area contributed by atoms with Gasteiger partial charge in [0, 0.05) is 6.54 Å². The molecule has 2 rings (SSSR count). The Balaban J connectivity index is 1.90. The van der Waals surface area contributed by atoms with Crippen LogP contribution in [0.4, 0.5) is 4.39 Å². The number of carboxylic acid groups (broad SMARTS) is 1. The average molecular weight is 323 g/mol. The smallest absolute Gasteiger partial charge is 0.311 e. The molecule has 1 aromatic carbocycles. The second kappa shape index (κ2) is 7.55. The third kappa shape index (κ3) is 4.51. The van der Waals surface area contributed by atoms with Crippen LogP contribution in [0.2, 0.25) is 0 Å². The number of halogens is 1. The molecule has 1 unspecified atom stereocenters. The number of benzene rings is 1. The highest BCUT2D eigenvalue weighted by Gasteiger charge is 2.39. The largest absolute Gasteiger partial charge is 0.481 e. The molecule has 6 heteroatoms. The van der Waals surface area contributed by atoms with Crippen LogP contribution in [0.5, 0.6) is 0 Å². The van der Waals surface area contributed by atoms with Crippen molar-refractivity contribution in [2.75, 3.05) is 6.54 Å². The van der Waals surface area contributed by atoms with Gasteiger partial charge >= 0.3 is 5.97 Å². The normalized spacial score (nSPS) is 18.2. The molecule has 1 saturated carbocycles. The molecule has 1 aliphatic carbocycles. The van der Waals surface area contributed by atoms with Crippen molar-refractivity contribution in [2.45, 2.75) is 44.6 Å². The van der Waals surface area contributed by atoms with E-state index in [2.05, 4.69) is 5.32 Å². The highest BCUT2D eigenvalue weighted by molar-refractivity contribution is 5.79. The number of rotatable bonds is 6. The van der Waals surface area contributed by atoms with Gasteiger partial charge in [-0.25, -0.2) is 4.39 Å². The quantitative estimate of drug-likeness (QED) is 0.750. The number of carbonyl (C=O) groups is 2. The minimum Gasteiger partial charge on any atom is -0.481 e. The summed E-state index contributed by atoms with van der Waals surface area (Å²) >= 11 is 0. The van der Waals surface area contributed by atoms with Gasteiger partial charge < -0.3 is 15.5 Å². The zero-order valence-corrected chi connectivity index (χ0v) is 12.9. The predicted molar refractivity (Wildman–Crippen MR) is 82.1 cm³/mol. The molecular formula is C17H22FNO4. The molecule has 0 spiro atoms. The summed E-state index contributed by atoms with van der Waals surface area (Å²) in [6, 6.07) is 5.45. The van der Waals surface area contributed by atoms with E-state index in [9.17, 15) is 24.2 Å². The topological polar surface area (TPSA) is 86.6 Å². The Hall–Kier alpha value is -1.95. The summed E-state index contributed by atoms with van der Waals surface area (Å²) in [6.45, 7) is 0.0665. The lowest BCUT2D eigenvalue weighted by Crippen LogP contribution is -2.44. The van der Waals surface area contributed by atoms with Crippen molar-refractivity contribution in [3.05, 3.63) is 35.6 Å². The standard InChI is InChI=1S/C17H22FNO4/c18-13-6-4-5-12(9-13)14(20)10-15(21)19-11-17(16(22)23)7-2-1-3-8-17/h4-6,9,14,20H,1-3,7-8,10-11H2,(H,19,21)(H,22,23). The van der Waals surface area contributed by atoms with E-state index in [0.717, 1.165) is 19.3 Å². The maximum absolute atomic E-state index is 13.1. The number of aliphatic hydroxyl groups excluding tert-OH is 1. The Labute approximate surface area is 134 Å². The minimum absolute atomic E-state index is 0.0665. The van der Waals surface area contributed by atoms with Gasteiger partial charge in [-0.05, 0) is 30.5 Å². The van der Waals surface area contributed by atoms with Crippen LogP contribution < -0.4 is 5.32 Å². The first-order valence-corrected chi connectivity index (χ1v) is 7.87. The first-order chi connectivity index (χ1) is 10.9. The van der Waals surface area contributed by atoms with Crippen LogP contribution in [0.1, 0.15) is 50.2 Å². The SMILES string of the molecule is O=C(CC(O)c1cccc(F)c1)NCC1(C(=O)O)CCCCC1. The number of aliphatic hydroxyl groups is 1. The molecule has 0 saturated heterocycles. The Morgan fingerprint density at radius 3 is 2.57 bits per heavy atom. The molecule has 23 heavy (non-hydrogen) atoms. The van der Waals surface area contributed by atoms with Crippen molar-refractivity contribution in [1.82, 2.24) is 5.32 Å². The minimum atomic E-state index is -1.11. The van der Waals surface area contributed by atoms with Crippen LogP contribution in [0.25, 0.3) is 0 Å². The van der Waals surface area contributed by atoms with Crippen molar-refractivity contribution in [2.24, 2.45) is 5.41 Å². The molecular weight excluding hydrogens is 301 g/mol. The molecule has 1 atom stereocenters. The highest BCUT2D eigenvalue weighted by atomic mass is 19.1. The Morgan fingerprint density at radius 2 is 1.96 bits per heavy atom. The number of amides is 1. The molecule has 1 aromatic rings. The monoisotopic (exact) mass is 323 g/mol. The van der Waals surface area contributed by atoms with Crippen molar-refractivity contribution >= 4 is 11.9 Å². The highest BCUT2D eigenvalue weighted by Crippen LogP contribution is 2.36. The molecule has 0 aromatic heterocycles. The molecule has 3 N–H and O–H groups in total. The van der Waals surface area contributed by atoms with E-state index in [-0.39, 0.29) is 13.0 Å². The van der Waals surface area contributed by atoms with Crippen molar-refractivity contribution in [3.8, 4) is 0 Å². The molecule has 0 bridgehead atoms. The summed E-state index contributed by atoms with van der Waals surface area (Å²) in [5.74, 6) is -1.80. The van der Waals surface area contributed by atoms with Crippen molar-refractivity contribution in [3.63, 3.8) is 0 Å². The van der Waals surface area contributed by atoms with E-state index in [0.29, 0.717) is 18.4 Å². The summed E-state index contributed by atoms with van der Waals surface area (Å²) in [7, 11) is 0. The van der Waals surface area contributed by atoms with Gasteiger partial charge in [-0.15, -0.1) is 0 Å². The Kier molecular flexibility index (Phi) is 5.71. The predicted octanol–water partition coefficient (Wildman–Crippen LogP) is 2.40. The fraction of sp³-hybridized carbons (Fsp3) is 0.529. The summed E-state index contributed by atoms with van der Waals surface area (Å²) < 4.78 is 13.1. The maximum atomic E-state index is 13.1. The Bertz CT molecular complexity index is 569. The first-order valence-electron chi connectivity index (χ1n) is 7.87. The van der Waals surface area contributed by atoms with Gasteiger partial charge in [-0.2, -0.15) is 0 Å². The maximum Gasteiger partial charge on any atom is 0.311 e. The third-order valence-corrected chi connectivity index (χ3v) is 4.50.